The fourth-order valence-corrected chi connectivity index (χ4v) is 6.63. The van der Waals surface area contributed by atoms with Gasteiger partial charge in [0.15, 0.2) is 0 Å². The van der Waals surface area contributed by atoms with Crippen molar-refractivity contribution in [1.29, 1.82) is 0 Å². The average Bonchev–Trinajstić information content (AvgIpc) is 3.47. The number of anilines is 1. The summed E-state index contributed by atoms with van der Waals surface area (Å²) in [4.78, 5) is 20.1. The number of carbonyl (C=O) groups is 1. The fourth-order valence-electron chi connectivity index (χ4n) is 4.97. The van der Waals surface area contributed by atoms with Gasteiger partial charge in [0.1, 0.15) is 6.04 Å². The molecular weight excluding hydrogens is 480 g/mol. The highest BCUT2D eigenvalue weighted by atomic mass is 32.2. The number of hydrogen-bond acceptors (Lipinski definition) is 6. The number of H-pyrrole nitrogens is 1. The minimum atomic E-state index is -3.89. The van der Waals surface area contributed by atoms with Gasteiger partial charge in [-0.3, -0.25) is 4.79 Å². The van der Waals surface area contributed by atoms with Gasteiger partial charge < -0.3 is 24.6 Å². The SMILES string of the molecule is COCCN(C)C(=O)[C@@H]1CCN1S(=O)(=O)c1ccc(N2CC[C@H](O)C2)c(-c2cc3ccccc3[nH]2)c1. The minimum Gasteiger partial charge on any atom is -0.391 e. The summed E-state index contributed by atoms with van der Waals surface area (Å²) in [5.74, 6) is -0.222. The lowest BCUT2D eigenvalue weighted by molar-refractivity contribution is -0.137. The van der Waals surface area contributed by atoms with E-state index in [4.69, 9.17) is 4.74 Å². The van der Waals surface area contributed by atoms with E-state index in [1.807, 2.05) is 36.4 Å². The second-order valence-corrected chi connectivity index (χ2v) is 11.4. The van der Waals surface area contributed by atoms with Gasteiger partial charge in [-0.15, -0.1) is 0 Å². The number of likely N-dealkylation sites (N-methyl/N-ethyl adjacent to an activating group) is 1. The molecular formula is C26H32N4O5S. The number of β-amino-alcohol motifs (C(OH)–C–C–N with tert-alkyl or cyclic N) is 1. The zero-order valence-corrected chi connectivity index (χ0v) is 21.4. The summed E-state index contributed by atoms with van der Waals surface area (Å²) in [5, 5.41) is 11.1. The summed E-state index contributed by atoms with van der Waals surface area (Å²) in [5.41, 5.74) is 3.38. The van der Waals surface area contributed by atoms with Crippen molar-refractivity contribution in [3.8, 4) is 11.3 Å². The highest BCUT2D eigenvalue weighted by Gasteiger charge is 2.44. The molecule has 3 heterocycles. The van der Waals surface area contributed by atoms with Crippen molar-refractivity contribution in [2.24, 2.45) is 0 Å². The van der Waals surface area contributed by atoms with Crippen LogP contribution in [0.3, 0.4) is 0 Å². The van der Waals surface area contributed by atoms with E-state index in [9.17, 15) is 18.3 Å². The molecule has 10 heteroatoms. The van der Waals surface area contributed by atoms with Crippen LogP contribution in [-0.2, 0) is 19.6 Å². The van der Waals surface area contributed by atoms with Crippen LogP contribution in [0.2, 0.25) is 0 Å². The van der Waals surface area contributed by atoms with Crippen LogP contribution < -0.4 is 4.90 Å². The van der Waals surface area contributed by atoms with Gasteiger partial charge in [-0.1, -0.05) is 18.2 Å². The average molecular weight is 513 g/mol. The number of carbonyl (C=O) groups excluding carboxylic acids is 1. The predicted molar refractivity (Wildman–Crippen MR) is 138 cm³/mol. The third kappa shape index (κ3) is 4.50. The molecule has 2 N–H and O–H groups in total. The number of aliphatic hydroxyl groups is 1. The van der Waals surface area contributed by atoms with Crippen LogP contribution >= 0.6 is 0 Å². The molecule has 2 fully saturated rings. The van der Waals surface area contributed by atoms with E-state index >= 15 is 0 Å². The summed E-state index contributed by atoms with van der Waals surface area (Å²) in [6.45, 7) is 2.29. The van der Waals surface area contributed by atoms with Crippen LogP contribution in [0.25, 0.3) is 22.2 Å². The van der Waals surface area contributed by atoms with Gasteiger partial charge in [-0.2, -0.15) is 4.31 Å². The quantitative estimate of drug-likeness (QED) is 0.480. The molecule has 2 aliphatic rings. The van der Waals surface area contributed by atoms with E-state index in [2.05, 4.69) is 9.88 Å². The Morgan fingerprint density at radius 1 is 1.17 bits per heavy atom. The van der Waals surface area contributed by atoms with Crippen molar-refractivity contribution >= 4 is 32.5 Å². The molecule has 2 atom stereocenters. The maximum Gasteiger partial charge on any atom is 0.243 e. The van der Waals surface area contributed by atoms with Crippen LogP contribution in [0.5, 0.6) is 0 Å². The number of ether oxygens (including phenoxy) is 1. The zero-order valence-electron chi connectivity index (χ0n) is 20.6. The number of nitrogens with one attached hydrogen (secondary N) is 1. The summed E-state index contributed by atoms with van der Waals surface area (Å²) in [6.07, 6.45) is 0.751. The van der Waals surface area contributed by atoms with Gasteiger partial charge in [0.05, 0.1) is 17.6 Å². The molecule has 9 nitrogen and oxygen atoms in total. The first-order valence-electron chi connectivity index (χ1n) is 12.2. The maximum atomic E-state index is 13.7. The number of benzene rings is 2. The lowest BCUT2D eigenvalue weighted by atomic mass is 10.1. The predicted octanol–water partition coefficient (Wildman–Crippen LogP) is 2.27. The Balaban J connectivity index is 1.50. The highest BCUT2D eigenvalue weighted by Crippen LogP contribution is 2.38. The molecule has 0 spiro atoms. The van der Waals surface area contributed by atoms with E-state index in [-0.39, 0.29) is 10.8 Å². The third-order valence-corrected chi connectivity index (χ3v) is 9.07. The van der Waals surface area contributed by atoms with Crippen LogP contribution in [0.15, 0.2) is 53.4 Å². The number of fused-ring (bicyclic) bond motifs is 1. The van der Waals surface area contributed by atoms with Gasteiger partial charge in [0.2, 0.25) is 15.9 Å². The van der Waals surface area contributed by atoms with Gasteiger partial charge in [0.25, 0.3) is 0 Å². The molecule has 1 amide bonds. The number of para-hydroxylation sites is 1. The second-order valence-electron chi connectivity index (χ2n) is 9.51. The lowest BCUT2D eigenvalue weighted by Crippen LogP contribution is -2.58. The maximum absolute atomic E-state index is 13.7. The zero-order chi connectivity index (χ0) is 25.4. The van der Waals surface area contributed by atoms with Crippen molar-refractivity contribution in [1.82, 2.24) is 14.2 Å². The van der Waals surface area contributed by atoms with Gasteiger partial charge in [-0.25, -0.2) is 8.42 Å². The summed E-state index contributed by atoms with van der Waals surface area (Å²) >= 11 is 0. The van der Waals surface area contributed by atoms with Gasteiger partial charge in [-0.05, 0) is 43.2 Å². The molecule has 2 aromatic carbocycles. The first kappa shape index (κ1) is 24.8. The second kappa shape index (κ2) is 9.85. The first-order valence-corrected chi connectivity index (χ1v) is 13.6. The van der Waals surface area contributed by atoms with Crippen LogP contribution in [0.4, 0.5) is 5.69 Å². The molecule has 5 rings (SSSR count). The number of rotatable bonds is 8. The van der Waals surface area contributed by atoms with E-state index in [1.54, 1.807) is 26.3 Å². The molecule has 0 radical (unpaired) electrons. The number of amides is 1. The number of sulfonamides is 1. The standard InChI is InChI=1S/C26H32N4O5S/c1-28(13-14-35-2)26(32)25-10-12-30(25)36(33,34)20-7-8-24(29-11-9-19(31)17-29)21(16-20)23-15-18-5-3-4-6-22(18)27-23/h3-8,15-16,19,25,27,31H,9-14,17H2,1-2H3/t19-,25-/m0/s1. The highest BCUT2D eigenvalue weighted by molar-refractivity contribution is 7.89. The Bertz CT molecular complexity index is 1340. The smallest absolute Gasteiger partial charge is 0.243 e. The normalized spacial score (nSPS) is 20.6. The fraction of sp³-hybridized carbons (Fsp3) is 0.423. The largest absolute Gasteiger partial charge is 0.391 e. The van der Waals surface area contributed by atoms with Crippen molar-refractivity contribution < 1.29 is 23.1 Å². The van der Waals surface area contributed by atoms with Crippen molar-refractivity contribution in [2.75, 3.05) is 51.8 Å². The molecule has 2 aliphatic heterocycles. The summed E-state index contributed by atoms with van der Waals surface area (Å²) < 4.78 is 33.7. The van der Waals surface area contributed by atoms with E-state index < -0.39 is 22.2 Å². The number of aromatic nitrogens is 1. The number of nitrogens with zero attached hydrogens (tertiary/aromatic N) is 3. The van der Waals surface area contributed by atoms with Crippen molar-refractivity contribution in [3.63, 3.8) is 0 Å². The molecule has 2 saturated heterocycles. The van der Waals surface area contributed by atoms with Crippen LogP contribution in [0.1, 0.15) is 12.8 Å². The van der Waals surface area contributed by atoms with Gasteiger partial charge in [0, 0.05) is 68.2 Å². The Morgan fingerprint density at radius 2 is 1.97 bits per heavy atom. The van der Waals surface area contributed by atoms with Crippen molar-refractivity contribution in [3.05, 3.63) is 48.5 Å². The molecule has 0 bridgehead atoms. The topological polar surface area (TPSA) is 106 Å². The van der Waals surface area contributed by atoms with Crippen LogP contribution in [0, 0.1) is 0 Å². The summed E-state index contributed by atoms with van der Waals surface area (Å²) in [6, 6.07) is 14.3. The first-order chi connectivity index (χ1) is 17.3. The molecule has 0 unspecified atom stereocenters. The Hall–Kier alpha value is -2.92. The molecule has 36 heavy (non-hydrogen) atoms. The van der Waals surface area contributed by atoms with E-state index in [0.29, 0.717) is 45.6 Å². The van der Waals surface area contributed by atoms with E-state index in [1.165, 1.54) is 9.21 Å². The molecule has 3 aromatic rings. The monoisotopic (exact) mass is 512 g/mol. The minimum absolute atomic E-state index is 0.150. The Labute approximate surface area is 211 Å². The number of methoxy groups -OCH3 is 1. The number of hydrogen-bond donors (Lipinski definition) is 2. The van der Waals surface area contributed by atoms with E-state index in [0.717, 1.165) is 27.8 Å². The molecule has 1 aromatic heterocycles. The van der Waals surface area contributed by atoms with Gasteiger partial charge >= 0.3 is 0 Å². The molecule has 0 aliphatic carbocycles. The Morgan fingerprint density at radius 3 is 2.64 bits per heavy atom. The molecule has 0 saturated carbocycles. The third-order valence-electron chi connectivity index (χ3n) is 7.16. The van der Waals surface area contributed by atoms with Crippen molar-refractivity contribution in [2.45, 2.75) is 29.9 Å². The van der Waals surface area contributed by atoms with Crippen LogP contribution in [-0.4, -0.2) is 92.7 Å². The summed E-state index contributed by atoms with van der Waals surface area (Å²) in [7, 11) is -0.660. The lowest BCUT2D eigenvalue weighted by Gasteiger charge is -2.40. The molecule has 192 valence electrons. The Kier molecular flexibility index (Phi) is 6.78. The number of aromatic amines is 1. The number of aliphatic hydroxyl groups excluding tert-OH is 1.